The van der Waals surface area contributed by atoms with Crippen LogP contribution in [-0.2, 0) is 0 Å². The maximum atomic E-state index is 13.3. The number of nitrogens with zero attached hydrogens (tertiary/aromatic N) is 2. The standard InChI is InChI=1S/C12H7F2N3/c13-9-4-2-5-10(14)12(9)17-11-6-1-3-8(7-15)16-11/h1-6H,(H,16,17). The molecule has 0 spiro atoms. The summed E-state index contributed by atoms with van der Waals surface area (Å²) >= 11 is 0. The average Bonchev–Trinajstić information content (AvgIpc) is 2.34. The molecule has 1 heterocycles. The third-order valence-corrected chi connectivity index (χ3v) is 2.08. The van der Waals surface area contributed by atoms with Gasteiger partial charge in [-0.2, -0.15) is 5.26 Å². The summed E-state index contributed by atoms with van der Waals surface area (Å²) in [5, 5.41) is 11.2. The zero-order valence-corrected chi connectivity index (χ0v) is 8.61. The summed E-state index contributed by atoms with van der Waals surface area (Å²) in [6.07, 6.45) is 0. The summed E-state index contributed by atoms with van der Waals surface area (Å²) in [4.78, 5) is 3.86. The van der Waals surface area contributed by atoms with Crippen molar-refractivity contribution >= 4 is 11.5 Å². The molecule has 1 aromatic carbocycles. The quantitative estimate of drug-likeness (QED) is 0.864. The van der Waals surface area contributed by atoms with Crippen LogP contribution in [0.15, 0.2) is 36.4 Å². The molecule has 0 aliphatic heterocycles. The third kappa shape index (κ3) is 2.37. The molecule has 0 bridgehead atoms. The molecule has 17 heavy (non-hydrogen) atoms. The Balaban J connectivity index is 2.35. The molecule has 0 unspecified atom stereocenters. The molecular formula is C12H7F2N3. The van der Waals surface area contributed by atoms with E-state index in [1.165, 1.54) is 18.2 Å². The van der Waals surface area contributed by atoms with Crippen molar-refractivity contribution in [2.45, 2.75) is 0 Å². The number of nitriles is 1. The average molecular weight is 231 g/mol. The van der Waals surface area contributed by atoms with Crippen molar-refractivity contribution in [2.75, 3.05) is 5.32 Å². The van der Waals surface area contributed by atoms with Gasteiger partial charge in [-0.25, -0.2) is 13.8 Å². The summed E-state index contributed by atoms with van der Waals surface area (Å²) in [6.45, 7) is 0. The third-order valence-electron chi connectivity index (χ3n) is 2.08. The van der Waals surface area contributed by atoms with Crippen LogP contribution in [-0.4, -0.2) is 4.98 Å². The Bertz CT molecular complexity index is 570. The van der Waals surface area contributed by atoms with E-state index < -0.39 is 11.6 Å². The van der Waals surface area contributed by atoms with Gasteiger partial charge >= 0.3 is 0 Å². The smallest absolute Gasteiger partial charge is 0.149 e. The van der Waals surface area contributed by atoms with Crippen LogP contribution in [0.2, 0.25) is 0 Å². The Morgan fingerprint density at radius 2 is 1.71 bits per heavy atom. The monoisotopic (exact) mass is 231 g/mol. The topological polar surface area (TPSA) is 48.7 Å². The van der Waals surface area contributed by atoms with E-state index in [0.717, 1.165) is 12.1 Å². The van der Waals surface area contributed by atoms with Crippen LogP contribution < -0.4 is 5.32 Å². The molecule has 0 aliphatic rings. The molecule has 0 aliphatic carbocycles. The van der Waals surface area contributed by atoms with Gasteiger partial charge in [-0.3, -0.25) is 0 Å². The van der Waals surface area contributed by atoms with Crippen molar-refractivity contribution in [3.05, 3.63) is 53.7 Å². The Morgan fingerprint density at radius 1 is 1.06 bits per heavy atom. The molecule has 3 nitrogen and oxygen atoms in total. The molecule has 0 saturated heterocycles. The number of aromatic nitrogens is 1. The lowest BCUT2D eigenvalue weighted by Gasteiger charge is -2.07. The van der Waals surface area contributed by atoms with E-state index in [0.29, 0.717) is 0 Å². The van der Waals surface area contributed by atoms with Gasteiger partial charge in [-0.15, -0.1) is 0 Å². The fourth-order valence-electron chi connectivity index (χ4n) is 1.31. The number of pyridine rings is 1. The van der Waals surface area contributed by atoms with E-state index in [4.69, 9.17) is 5.26 Å². The van der Waals surface area contributed by atoms with E-state index in [2.05, 4.69) is 10.3 Å². The van der Waals surface area contributed by atoms with Gasteiger partial charge in [0, 0.05) is 0 Å². The lowest BCUT2D eigenvalue weighted by Crippen LogP contribution is -1.99. The van der Waals surface area contributed by atoms with Gasteiger partial charge in [0.25, 0.3) is 0 Å². The summed E-state index contributed by atoms with van der Waals surface area (Å²) in [6, 6.07) is 9.99. The van der Waals surface area contributed by atoms with Crippen LogP contribution >= 0.6 is 0 Å². The largest absolute Gasteiger partial charge is 0.335 e. The molecule has 0 radical (unpaired) electrons. The highest BCUT2D eigenvalue weighted by atomic mass is 19.1. The Labute approximate surface area is 96.3 Å². The molecular weight excluding hydrogens is 224 g/mol. The van der Waals surface area contributed by atoms with Crippen LogP contribution in [0, 0.1) is 23.0 Å². The van der Waals surface area contributed by atoms with Crippen molar-refractivity contribution in [3.63, 3.8) is 0 Å². The zero-order chi connectivity index (χ0) is 12.3. The summed E-state index contributed by atoms with van der Waals surface area (Å²) in [5.41, 5.74) is -0.109. The number of para-hydroxylation sites is 1. The van der Waals surface area contributed by atoms with Crippen molar-refractivity contribution in [1.29, 1.82) is 5.26 Å². The molecule has 0 fully saturated rings. The van der Waals surface area contributed by atoms with E-state index in [1.807, 2.05) is 6.07 Å². The normalized spacial score (nSPS) is 9.71. The highest BCUT2D eigenvalue weighted by molar-refractivity contribution is 5.57. The number of benzene rings is 1. The van der Waals surface area contributed by atoms with Gasteiger partial charge in [-0.1, -0.05) is 12.1 Å². The van der Waals surface area contributed by atoms with Gasteiger partial charge in [0.15, 0.2) is 0 Å². The minimum atomic E-state index is -0.714. The first-order valence-corrected chi connectivity index (χ1v) is 4.79. The lowest BCUT2D eigenvalue weighted by atomic mass is 10.3. The number of halogens is 2. The summed E-state index contributed by atoms with van der Waals surface area (Å²) in [7, 11) is 0. The predicted molar refractivity (Wildman–Crippen MR) is 58.6 cm³/mol. The van der Waals surface area contributed by atoms with Crippen molar-refractivity contribution in [3.8, 4) is 6.07 Å². The van der Waals surface area contributed by atoms with E-state index in [-0.39, 0.29) is 17.2 Å². The Hall–Kier alpha value is -2.48. The predicted octanol–water partition coefficient (Wildman–Crippen LogP) is 2.98. The van der Waals surface area contributed by atoms with Crippen molar-refractivity contribution in [1.82, 2.24) is 4.98 Å². The highest BCUT2D eigenvalue weighted by Crippen LogP contribution is 2.21. The maximum absolute atomic E-state index is 13.3. The molecule has 0 amide bonds. The second-order valence-electron chi connectivity index (χ2n) is 3.24. The first-order chi connectivity index (χ1) is 8.20. The van der Waals surface area contributed by atoms with Gasteiger partial charge in [0.1, 0.15) is 34.9 Å². The van der Waals surface area contributed by atoms with Crippen LogP contribution in [0.25, 0.3) is 0 Å². The second kappa shape index (κ2) is 4.58. The number of nitrogens with one attached hydrogen (secondary N) is 1. The van der Waals surface area contributed by atoms with Gasteiger partial charge in [0.05, 0.1) is 0 Å². The van der Waals surface area contributed by atoms with Crippen LogP contribution in [0.4, 0.5) is 20.3 Å². The minimum Gasteiger partial charge on any atom is -0.335 e. The first-order valence-electron chi connectivity index (χ1n) is 4.79. The molecule has 0 atom stereocenters. The van der Waals surface area contributed by atoms with Crippen LogP contribution in [0.1, 0.15) is 5.69 Å². The van der Waals surface area contributed by atoms with E-state index >= 15 is 0 Å². The SMILES string of the molecule is N#Cc1cccc(Nc2c(F)cccc2F)n1. The highest BCUT2D eigenvalue weighted by Gasteiger charge is 2.08. The fraction of sp³-hybridized carbons (Fsp3) is 0. The number of hydrogen-bond donors (Lipinski definition) is 1. The minimum absolute atomic E-state index is 0.173. The molecule has 5 heteroatoms. The molecule has 1 N–H and O–H groups in total. The number of anilines is 2. The molecule has 2 rings (SSSR count). The van der Waals surface area contributed by atoms with E-state index in [9.17, 15) is 8.78 Å². The second-order valence-corrected chi connectivity index (χ2v) is 3.24. The summed E-state index contributed by atoms with van der Waals surface area (Å²) in [5.74, 6) is -1.21. The van der Waals surface area contributed by atoms with Gasteiger partial charge < -0.3 is 5.32 Å². The first kappa shape index (κ1) is 11.0. The molecule has 0 saturated carbocycles. The Kier molecular flexibility index (Phi) is 2.97. The molecule has 84 valence electrons. The fourth-order valence-corrected chi connectivity index (χ4v) is 1.31. The number of rotatable bonds is 2. The maximum Gasteiger partial charge on any atom is 0.149 e. The lowest BCUT2D eigenvalue weighted by molar-refractivity contribution is 0.590. The van der Waals surface area contributed by atoms with Crippen LogP contribution in [0.5, 0.6) is 0 Å². The Morgan fingerprint density at radius 3 is 2.35 bits per heavy atom. The number of hydrogen-bond acceptors (Lipinski definition) is 3. The van der Waals surface area contributed by atoms with E-state index in [1.54, 1.807) is 6.07 Å². The zero-order valence-electron chi connectivity index (χ0n) is 8.61. The molecule has 1 aromatic heterocycles. The van der Waals surface area contributed by atoms with Crippen LogP contribution in [0.3, 0.4) is 0 Å². The van der Waals surface area contributed by atoms with Crippen molar-refractivity contribution in [2.24, 2.45) is 0 Å². The van der Waals surface area contributed by atoms with Gasteiger partial charge in [0.2, 0.25) is 0 Å². The molecule has 2 aromatic rings. The summed E-state index contributed by atoms with van der Waals surface area (Å²) < 4.78 is 26.6. The van der Waals surface area contributed by atoms with Gasteiger partial charge in [-0.05, 0) is 24.3 Å². The van der Waals surface area contributed by atoms with Crippen molar-refractivity contribution < 1.29 is 8.78 Å².